The van der Waals surface area contributed by atoms with Crippen molar-refractivity contribution in [1.29, 1.82) is 0 Å². The van der Waals surface area contributed by atoms with Gasteiger partial charge in [0.1, 0.15) is 4.88 Å². The SMILES string of the molecule is CC1(C)C[C@@H]1C(=O)N1CC2(CN(C(=O)c3cncs3)C[C@H]2COCc2cc3ccccc3c(C3CCOCC3)n2)C1. The van der Waals surface area contributed by atoms with Gasteiger partial charge >= 0.3 is 0 Å². The van der Waals surface area contributed by atoms with Gasteiger partial charge in [0, 0.05) is 67.9 Å². The monoisotopic (exact) mass is 574 g/mol. The Morgan fingerprint density at radius 1 is 1.12 bits per heavy atom. The summed E-state index contributed by atoms with van der Waals surface area (Å²) in [6.45, 7) is 9.52. The highest BCUT2D eigenvalue weighted by molar-refractivity contribution is 7.11. The molecule has 7 rings (SSSR count). The van der Waals surface area contributed by atoms with Gasteiger partial charge in [-0.2, -0.15) is 0 Å². The number of likely N-dealkylation sites (tertiary alicyclic amines) is 2. The van der Waals surface area contributed by atoms with Crippen LogP contribution in [0.5, 0.6) is 0 Å². The summed E-state index contributed by atoms with van der Waals surface area (Å²) in [5.74, 6) is 0.988. The first-order valence-corrected chi connectivity index (χ1v) is 15.7. The Bertz CT molecular complexity index is 1450. The number of fused-ring (bicyclic) bond motifs is 1. The number of rotatable bonds is 7. The predicted octanol–water partition coefficient (Wildman–Crippen LogP) is 4.75. The predicted molar refractivity (Wildman–Crippen MR) is 157 cm³/mol. The van der Waals surface area contributed by atoms with E-state index in [1.54, 1.807) is 11.7 Å². The average Bonchev–Trinajstić information content (AvgIpc) is 3.32. The summed E-state index contributed by atoms with van der Waals surface area (Å²) in [5, 5.41) is 2.41. The van der Waals surface area contributed by atoms with E-state index in [1.165, 1.54) is 22.1 Å². The van der Waals surface area contributed by atoms with Crippen LogP contribution in [0, 0.1) is 22.7 Å². The van der Waals surface area contributed by atoms with Gasteiger partial charge in [-0.3, -0.25) is 19.6 Å². The molecule has 41 heavy (non-hydrogen) atoms. The Hall–Kier alpha value is -2.88. The normalized spacial score (nSPS) is 25.0. The van der Waals surface area contributed by atoms with Crippen LogP contribution in [0.25, 0.3) is 10.8 Å². The van der Waals surface area contributed by atoms with Gasteiger partial charge in [0.2, 0.25) is 5.91 Å². The molecule has 9 heteroatoms. The largest absolute Gasteiger partial charge is 0.381 e. The van der Waals surface area contributed by atoms with Crippen molar-refractivity contribution in [2.24, 2.45) is 22.7 Å². The van der Waals surface area contributed by atoms with Crippen molar-refractivity contribution in [2.45, 2.75) is 45.6 Å². The van der Waals surface area contributed by atoms with E-state index in [4.69, 9.17) is 14.5 Å². The standard InChI is InChI=1S/C32H38N4O4S/c1-31(2)12-26(31)29(37)36-18-32(19-36)17-35(30(38)27-13-33-20-41-27)14-23(32)15-40-16-24-11-22-5-3-4-6-25(22)28(34-24)21-7-9-39-10-8-21/h3-6,11,13,20-21,23,26H,7-10,12,14-19H2,1-2H3/t23-,26+/m0/s1. The van der Waals surface area contributed by atoms with E-state index in [0.29, 0.717) is 50.2 Å². The van der Waals surface area contributed by atoms with Gasteiger partial charge in [-0.15, -0.1) is 11.3 Å². The maximum Gasteiger partial charge on any atom is 0.265 e. The summed E-state index contributed by atoms with van der Waals surface area (Å²) in [6.07, 6.45) is 4.59. The van der Waals surface area contributed by atoms with E-state index in [-0.39, 0.29) is 34.5 Å². The van der Waals surface area contributed by atoms with Crippen LogP contribution in [-0.4, -0.2) is 77.6 Å². The molecule has 5 heterocycles. The fourth-order valence-corrected chi connectivity index (χ4v) is 7.76. The zero-order valence-corrected chi connectivity index (χ0v) is 24.7. The van der Waals surface area contributed by atoms with Gasteiger partial charge in [-0.25, -0.2) is 0 Å². The molecule has 0 unspecified atom stereocenters. The highest BCUT2D eigenvalue weighted by Crippen LogP contribution is 2.54. The second-order valence-electron chi connectivity index (χ2n) is 13.2. The van der Waals surface area contributed by atoms with Gasteiger partial charge in [-0.1, -0.05) is 38.1 Å². The maximum absolute atomic E-state index is 13.3. The number of aromatic nitrogens is 2. The molecule has 1 spiro atoms. The molecule has 2 aromatic heterocycles. The van der Waals surface area contributed by atoms with Crippen LogP contribution in [0.2, 0.25) is 0 Å². The van der Waals surface area contributed by atoms with E-state index in [9.17, 15) is 9.59 Å². The first kappa shape index (κ1) is 27.0. The molecule has 2 atom stereocenters. The van der Waals surface area contributed by atoms with Crippen LogP contribution in [0.3, 0.4) is 0 Å². The molecule has 1 saturated carbocycles. The molecule has 1 aliphatic carbocycles. The van der Waals surface area contributed by atoms with Gasteiger partial charge in [0.15, 0.2) is 0 Å². The van der Waals surface area contributed by atoms with Crippen LogP contribution < -0.4 is 0 Å². The lowest BCUT2D eigenvalue weighted by Crippen LogP contribution is -2.63. The maximum atomic E-state index is 13.3. The number of nitrogens with zero attached hydrogens (tertiary/aromatic N) is 4. The summed E-state index contributed by atoms with van der Waals surface area (Å²) in [6, 6.07) is 10.6. The van der Waals surface area contributed by atoms with Gasteiger partial charge < -0.3 is 19.3 Å². The smallest absolute Gasteiger partial charge is 0.265 e. The summed E-state index contributed by atoms with van der Waals surface area (Å²) >= 11 is 1.38. The third-order valence-corrected chi connectivity index (χ3v) is 10.6. The number of carbonyl (C=O) groups is 2. The third-order valence-electron chi connectivity index (χ3n) is 9.88. The number of carbonyl (C=O) groups excluding carboxylic acids is 2. The minimum Gasteiger partial charge on any atom is -0.381 e. The molecule has 2 amide bonds. The molecule has 4 aliphatic rings. The molecule has 1 aromatic carbocycles. The van der Waals surface area contributed by atoms with Crippen molar-refractivity contribution >= 4 is 33.9 Å². The average molecular weight is 575 g/mol. The Labute approximate surface area is 245 Å². The third kappa shape index (κ3) is 5.06. The van der Waals surface area contributed by atoms with Crippen molar-refractivity contribution in [2.75, 3.05) is 46.0 Å². The quantitative estimate of drug-likeness (QED) is 0.405. The number of ether oxygens (including phenoxy) is 2. The molecular weight excluding hydrogens is 536 g/mol. The second-order valence-corrected chi connectivity index (χ2v) is 14.1. The second kappa shape index (κ2) is 10.4. The van der Waals surface area contributed by atoms with Crippen molar-refractivity contribution in [3.63, 3.8) is 0 Å². The Morgan fingerprint density at radius 3 is 2.61 bits per heavy atom. The molecule has 0 bridgehead atoms. The van der Waals surface area contributed by atoms with E-state index >= 15 is 0 Å². The lowest BCUT2D eigenvalue weighted by Gasteiger charge is -2.51. The molecule has 8 nitrogen and oxygen atoms in total. The summed E-state index contributed by atoms with van der Waals surface area (Å²) in [7, 11) is 0. The van der Waals surface area contributed by atoms with Gasteiger partial charge in [-0.05, 0) is 36.1 Å². The zero-order chi connectivity index (χ0) is 28.2. The van der Waals surface area contributed by atoms with Crippen molar-refractivity contribution < 1.29 is 19.1 Å². The number of hydrogen-bond acceptors (Lipinski definition) is 7. The lowest BCUT2D eigenvalue weighted by molar-refractivity contribution is -0.148. The van der Waals surface area contributed by atoms with Crippen LogP contribution in [0.15, 0.2) is 42.0 Å². The van der Waals surface area contributed by atoms with Crippen molar-refractivity contribution in [3.05, 3.63) is 58.3 Å². The molecule has 0 N–H and O–H groups in total. The number of pyridine rings is 1. The van der Waals surface area contributed by atoms with Crippen LogP contribution >= 0.6 is 11.3 Å². The van der Waals surface area contributed by atoms with Gasteiger partial charge in [0.05, 0.1) is 36.3 Å². The minimum atomic E-state index is -0.126. The van der Waals surface area contributed by atoms with Gasteiger partial charge in [0.25, 0.3) is 5.91 Å². The van der Waals surface area contributed by atoms with E-state index in [2.05, 4.69) is 49.2 Å². The van der Waals surface area contributed by atoms with Crippen LogP contribution in [0.1, 0.15) is 60.1 Å². The Kier molecular flexibility index (Phi) is 6.87. The topological polar surface area (TPSA) is 84.9 Å². The number of hydrogen-bond donors (Lipinski definition) is 0. The molecule has 0 radical (unpaired) electrons. The molecular formula is C32H38N4O4S. The Morgan fingerprint density at radius 2 is 1.88 bits per heavy atom. The van der Waals surface area contributed by atoms with E-state index in [1.807, 2.05) is 9.80 Å². The number of benzene rings is 1. The fraction of sp³-hybridized carbons (Fsp3) is 0.562. The summed E-state index contributed by atoms with van der Waals surface area (Å²) in [5.41, 5.74) is 3.78. The minimum absolute atomic E-state index is 0.0276. The molecule has 216 valence electrons. The number of thiazole rings is 1. The first-order valence-electron chi connectivity index (χ1n) is 14.8. The first-order chi connectivity index (χ1) is 19.8. The zero-order valence-electron chi connectivity index (χ0n) is 23.9. The van der Waals surface area contributed by atoms with E-state index < -0.39 is 0 Å². The Balaban J connectivity index is 1.06. The molecule has 3 aliphatic heterocycles. The van der Waals surface area contributed by atoms with Crippen LogP contribution in [-0.2, 0) is 20.9 Å². The van der Waals surface area contributed by atoms with Crippen LogP contribution in [0.4, 0.5) is 0 Å². The highest BCUT2D eigenvalue weighted by atomic mass is 32.1. The molecule has 4 fully saturated rings. The molecule has 3 saturated heterocycles. The summed E-state index contributed by atoms with van der Waals surface area (Å²) < 4.78 is 12.0. The molecule has 3 aromatic rings. The lowest BCUT2D eigenvalue weighted by atomic mass is 9.71. The van der Waals surface area contributed by atoms with E-state index in [0.717, 1.165) is 43.9 Å². The number of amides is 2. The fourth-order valence-electron chi connectivity index (χ4n) is 7.18. The highest BCUT2D eigenvalue weighted by Gasteiger charge is 2.60. The summed E-state index contributed by atoms with van der Waals surface area (Å²) in [4.78, 5) is 40.2. The van der Waals surface area contributed by atoms with Crippen molar-refractivity contribution in [1.82, 2.24) is 19.8 Å². The van der Waals surface area contributed by atoms with Crippen molar-refractivity contribution in [3.8, 4) is 0 Å².